The van der Waals surface area contributed by atoms with Crippen LogP contribution in [-0.2, 0) is 0 Å². The summed E-state index contributed by atoms with van der Waals surface area (Å²) in [6, 6.07) is 8.77. The van der Waals surface area contributed by atoms with Crippen molar-refractivity contribution in [2.75, 3.05) is 0 Å². The van der Waals surface area contributed by atoms with Crippen molar-refractivity contribution in [3.8, 4) is 0 Å². The average molecular weight is 264 g/mol. The molecule has 0 heterocycles. The van der Waals surface area contributed by atoms with Gasteiger partial charge in [-0.1, -0.05) is 0 Å². The maximum absolute atomic E-state index is 2.28. The van der Waals surface area contributed by atoms with Gasteiger partial charge in [-0.2, -0.15) is 0 Å². The maximum atomic E-state index is 2.28. The molecule has 0 N–H and O–H groups in total. The van der Waals surface area contributed by atoms with E-state index in [2.05, 4.69) is 35.9 Å². The molecule has 0 nitrogen and oxygen atoms in total. The van der Waals surface area contributed by atoms with E-state index in [-0.39, 0.29) is 0 Å². The van der Waals surface area contributed by atoms with Gasteiger partial charge in [-0.25, -0.2) is 0 Å². The van der Waals surface area contributed by atoms with Crippen molar-refractivity contribution in [2.45, 2.75) is 11.6 Å². The molecule has 0 fully saturated rings. The van der Waals surface area contributed by atoms with Gasteiger partial charge in [-0.15, -0.1) is 0 Å². The molecule has 0 aliphatic rings. The molecule has 0 aliphatic carbocycles. The van der Waals surface area contributed by atoms with E-state index in [9.17, 15) is 0 Å². The second kappa shape index (κ2) is 4.20. The second-order valence-corrected chi connectivity index (χ2v) is 5.41. The van der Waals surface area contributed by atoms with Crippen LogP contribution in [0, 0.1) is 0 Å². The SMILES string of the molecule is C[Se]c1ccccc1[Se]C. The van der Waals surface area contributed by atoms with Crippen LogP contribution in [0.15, 0.2) is 24.3 Å². The van der Waals surface area contributed by atoms with E-state index in [1.165, 1.54) is 0 Å². The first-order chi connectivity index (χ1) is 4.88. The van der Waals surface area contributed by atoms with Crippen LogP contribution < -0.4 is 8.92 Å². The summed E-state index contributed by atoms with van der Waals surface area (Å²) in [7, 11) is 0. The Labute approximate surface area is 74.7 Å². The summed E-state index contributed by atoms with van der Waals surface area (Å²) in [5.74, 6) is 4.55. The Morgan fingerprint density at radius 1 is 0.900 bits per heavy atom. The molecule has 1 aromatic rings. The summed E-state index contributed by atoms with van der Waals surface area (Å²) < 4.78 is 3.16. The molecular weight excluding hydrogens is 254 g/mol. The molecule has 0 saturated carbocycles. The average Bonchev–Trinajstić information content (AvgIpc) is 2.04. The van der Waals surface area contributed by atoms with E-state index in [1.54, 1.807) is 8.92 Å². The monoisotopic (exact) mass is 266 g/mol. The fourth-order valence-corrected chi connectivity index (χ4v) is 4.63. The molecule has 0 aliphatic heterocycles. The predicted octanol–water partition coefficient (Wildman–Crippen LogP) is 0.442. The van der Waals surface area contributed by atoms with E-state index in [4.69, 9.17) is 0 Å². The molecule has 0 amide bonds. The van der Waals surface area contributed by atoms with Crippen molar-refractivity contribution in [3.63, 3.8) is 0 Å². The molecule has 0 spiro atoms. The number of rotatable bonds is 2. The fraction of sp³-hybridized carbons (Fsp3) is 0.250. The molecule has 0 saturated heterocycles. The molecule has 0 bridgehead atoms. The van der Waals surface area contributed by atoms with Crippen molar-refractivity contribution in [1.82, 2.24) is 0 Å². The van der Waals surface area contributed by atoms with Crippen molar-refractivity contribution in [1.29, 1.82) is 0 Å². The number of hydrogen-bond donors (Lipinski definition) is 0. The Morgan fingerprint density at radius 2 is 1.30 bits per heavy atom. The van der Waals surface area contributed by atoms with E-state index in [0.29, 0.717) is 29.9 Å². The first kappa shape index (κ1) is 8.36. The van der Waals surface area contributed by atoms with Gasteiger partial charge in [0.05, 0.1) is 0 Å². The van der Waals surface area contributed by atoms with Crippen LogP contribution in [0.2, 0.25) is 11.6 Å². The van der Waals surface area contributed by atoms with Crippen LogP contribution in [0.4, 0.5) is 0 Å². The number of hydrogen-bond acceptors (Lipinski definition) is 0. The molecule has 0 radical (unpaired) electrons. The third-order valence-corrected chi connectivity index (χ3v) is 5.28. The zero-order chi connectivity index (χ0) is 7.40. The van der Waals surface area contributed by atoms with E-state index in [1.807, 2.05) is 0 Å². The molecule has 2 heteroatoms. The van der Waals surface area contributed by atoms with Gasteiger partial charge in [0.1, 0.15) is 0 Å². The van der Waals surface area contributed by atoms with Gasteiger partial charge in [-0.05, 0) is 0 Å². The molecule has 1 aromatic carbocycles. The van der Waals surface area contributed by atoms with Gasteiger partial charge in [0.25, 0.3) is 0 Å². The fourth-order valence-electron chi connectivity index (χ4n) is 0.787. The number of benzene rings is 1. The van der Waals surface area contributed by atoms with E-state index >= 15 is 0 Å². The van der Waals surface area contributed by atoms with Crippen LogP contribution in [0.25, 0.3) is 0 Å². The molecule has 0 aromatic heterocycles. The standard InChI is InChI=1S/C8H10Se2/c1-9-7-5-3-4-6-8(7)10-2/h3-6H,1-2H3. The molecule has 0 atom stereocenters. The van der Waals surface area contributed by atoms with Crippen LogP contribution in [0.1, 0.15) is 0 Å². The van der Waals surface area contributed by atoms with Crippen molar-refractivity contribution in [3.05, 3.63) is 24.3 Å². The summed E-state index contributed by atoms with van der Waals surface area (Å²) in [6.45, 7) is 0. The molecular formula is C8H10Se2. The molecule has 10 heavy (non-hydrogen) atoms. The Bertz CT molecular complexity index is 185. The van der Waals surface area contributed by atoms with Gasteiger partial charge in [0, 0.05) is 0 Å². The third-order valence-electron chi connectivity index (χ3n) is 1.29. The Kier molecular flexibility index (Phi) is 3.51. The first-order valence-electron chi connectivity index (χ1n) is 3.05. The zero-order valence-corrected chi connectivity index (χ0v) is 9.55. The van der Waals surface area contributed by atoms with Crippen LogP contribution in [-0.4, -0.2) is 29.9 Å². The first-order valence-corrected chi connectivity index (χ1v) is 8.19. The Hall–Kier alpha value is 0.259. The van der Waals surface area contributed by atoms with Crippen molar-refractivity contribution >= 4 is 38.8 Å². The van der Waals surface area contributed by atoms with E-state index in [0.717, 1.165) is 0 Å². The van der Waals surface area contributed by atoms with Gasteiger partial charge < -0.3 is 0 Å². The van der Waals surface area contributed by atoms with Crippen LogP contribution in [0.5, 0.6) is 0 Å². The quantitative estimate of drug-likeness (QED) is 0.680. The summed E-state index contributed by atoms with van der Waals surface area (Å²) in [5, 5.41) is 0. The summed E-state index contributed by atoms with van der Waals surface area (Å²) in [5.41, 5.74) is 0. The predicted molar refractivity (Wildman–Crippen MR) is 48.9 cm³/mol. The van der Waals surface area contributed by atoms with Gasteiger partial charge in [0.15, 0.2) is 0 Å². The molecule has 0 unspecified atom stereocenters. The normalized spacial score (nSPS) is 9.80. The topological polar surface area (TPSA) is 0 Å². The van der Waals surface area contributed by atoms with Crippen LogP contribution >= 0.6 is 0 Å². The summed E-state index contributed by atoms with van der Waals surface area (Å²) >= 11 is 1.35. The van der Waals surface area contributed by atoms with Gasteiger partial charge in [0.2, 0.25) is 0 Å². The third kappa shape index (κ3) is 1.87. The van der Waals surface area contributed by atoms with Crippen molar-refractivity contribution < 1.29 is 0 Å². The van der Waals surface area contributed by atoms with Crippen LogP contribution in [0.3, 0.4) is 0 Å². The Morgan fingerprint density at radius 3 is 1.60 bits per heavy atom. The second-order valence-electron chi connectivity index (χ2n) is 1.85. The minimum atomic E-state index is 0.675. The van der Waals surface area contributed by atoms with Gasteiger partial charge in [-0.3, -0.25) is 0 Å². The van der Waals surface area contributed by atoms with Crippen molar-refractivity contribution in [2.24, 2.45) is 0 Å². The molecule has 1 rings (SSSR count). The van der Waals surface area contributed by atoms with E-state index < -0.39 is 0 Å². The summed E-state index contributed by atoms with van der Waals surface area (Å²) in [6.07, 6.45) is 0. The van der Waals surface area contributed by atoms with Gasteiger partial charge >= 0.3 is 74.7 Å². The molecule has 54 valence electrons. The minimum absolute atomic E-state index is 0.675. The summed E-state index contributed by atoms with van der Waals surface area (Å²) in [4.78, 5) is 0. The Balaban J connectivity index is 2.96. The zero-order valence-electron chi connectivity index (χ0n) is 6.13.